The fraction of sp³-hybridized carbons (Fsp3) is 1.00. The lowest BCUT2D eigenvalue weighted by molar-refractivity contribution is 0.0894. The van der Waals surface area contributed by atoms with E-state index in [-0.39, 0.29) is 0 Å². The Morgan fingerprint density at radius 3 is 1.55 bits per heavy atom. The Labute approximate surface area is 70.1 Å². The molecule has 1 rings (SSSR count). The molecule has 0 aliphatic carbocycles. The summed E-state index contributed by atoms with van der Waals surface area (Å²) >= 11 is 0. The molecule has 1 aliphatic rings. The predicted octanol–water partition coefficient (Wildman–Crippen LogP) is 1.44. The Bertz CT molecular complexity index is 127. The molecular weight excluding hydrogens is 136 g/mol. The van der Waals surface area contributed by atoms with Crippen molar-refractivity contribution in [3.63, 3.8) is 0 Å². The van der Waals surface area contributed by atoms with E-state index in [9.17, 15) is 0 Å². The maximum Gasteiger partial charge on any atom is 0.0176 e. The van der Waals surface area contributed by atoms with Crippen LogP contribution in [0.1, 0.15) is 20.8 Å². The molecule has 0 amide bonds. The van der Waals surface area contributed by atoms with Gasteiger partial charge in [-0.3, -0.25) is 0 Å². The second-order valence-corrected chi connectivity index (χ2v) is 4.74. The van der Waals surface area contributed by atoms with Crippen molar-refractivity contribution in [2.45, 2.75) is 20.8 Å². The predicted molar refractivity (Wildman–Crippen MR) is 48.2 cm³/mol. The molecule has 0 aromatic rings. The van der Waals surface area contributed by atoms with E-state index in [4.69, 9.17) is 0 Å². The van der Waals surface area contributed by atoms with Crippen LogP contribution in [0.2, 0.25) is 0 Å². The SMILES string of the molecule is CN1CC(C(C)(C)C)CN1C. The van der Waals surface area contributed by atoms with Gasteiger partial charge in [0.25, 0.3) is 0 Å². The van der Waals surface area contributed by atoms with Crippen molar-refractivity contribution in [3.8, 4) is 0 Å². The van der Waals surface area contributed by atoms with E-state index >= 15 is 0 Å². The molecule has 66 valence electrons. The summed E-state index contributed by atoms with van der Waals surface area (Å²) in [6.07, 6.45) is 0. The molecule has 0 unspecified atom stereocenters. The van der Waals surface area contributed by atoms with Crippen LogP contribution >= 0.6 is 0 Å². The summed E-state index contributed by atoms with van der Waals surface area (Å²) in [7, 11) is 4.32. The molecule has 0 aromatic carbocycles. The number of hydrogen-bond donors (Lipinski definition) is 0. The maximum atomic E-state index is 2.32. The molecule has 0 aromatic heterocycles. The highest BCUT2D eigenvalue weighted by Crippen LogP contribution is 2.30. The van der Waals surface area contributed by atoms with Gasteiger partial charge in [-0.25, -0.2) is 10.0 Å². The minimum atomic E-state index is 0.457. The van der Waals surface area contributed by atoms with Gasteiger partial charge in [0.1, 0.15) is 0 Å². The fourth-order valence-corrected chi connectivity index (χ4v) is 1.52. The highest BCUT2D eigenvalue weighted by molar-refractivity contribution is 4.82. The van der Waals surface area contributed by atoms with E-state index in [0.717, 1.165) is 5.92 Å². The standard InChI is InChI=1S/C9H20N2/c1-9(2,3)8-6-10(4)11(5)7-8/h8H,6-7H2,1-5H3. The number of hydrazine groups is 1. The Morgan fingerprint density at radius 1 is 1.00 bits per heavy atom. The largest absolute Gasteiger partial charge is 0.245 e. The first kappa shape index (κ1) is 9.01. The molecule has 1 saturated heterocycles. The zero-order chi connectivity index (χ0) is 8.65. The Kier molecular flexibility index (Phi) is 2.26. The molecule has 0 atom stereocenters. The van der Waals surface area contributed by atoms with Crippen molar-refractivity contribution in [2.75, 3.05) is 27.2 Å². The Hall–Kier alpha value is -0.0800. The molecule has 1 aliphatic heterocycles. The summed E-state index contributed by atoms with van der Waals surface area (Å²) in [5.41, 5.74) is 0.457. The molecule has 0 N–H and O–H groups in total. The summed E-state index contributed by atoms with van der Waals surface area (Å²) in [6.45, 7) is 9.39. The first-order valence-corrected chi connectivity index (χ1v) is 4.33. The highest BCUT2D eigenvalue weighted by Gasteiger charge is 2.32. The third-order valence-electron chi connectivity index (χ3n) is 2.78. The monoisotopic (exact) mass is 156 g/mol. The van der Waals surface area contributed by atoms with Gasteiger partial charge in [0.05, 0.1) is 0 Å². The average Bonchev–Trinajstić information content (AvgIpc) is 2.11. The minimum absolute atomic E-state index is 0.457. The smallest absolute Gasteiger partial charge is 0.0176 e. The molecule has 0 spiro atoms. The third-order valence-corrected chi connectivity index (χ3v) is 2.78. The second kappa shape index (κ2) is 2.76. The van der Waals surface area contributed by atoms with Gasteiger partial charge in [0.2, 0.25) is 0 Å². The maximum absolute atomic E-state index is 2.32. The normalized spacial score (nSPS) is 24.8. The van der Waals surface area contributed by atoms with Crippen molar-refractivity contribution >= 4 is 0 Å². The minimum Gasteiger partial charge on any atom is -0.245 e. The number of nitrogens with zero attached hydrogens (tertiary/aromatic N) is 2. The zero-order valence-electron chi connectivity index (χ0n) is 8.39. The molecule has 0 bridgehead atoms. The van der Waals surface area contributed by atoms with Crippen molar-refractivity contribution in [3.05, 3.63) is 0 Å². The Balaban J connectivity index is 2.54. The summed E-state index contributed by atoms with van der Waals surface area (Å²) in [6, 6.07) is 0. The van der Waals surface area contributed by atoms with E-state index in [1.54, 1.807) is 0 Å². The Morgan fingerprint density at radius 2 is 1.36 bits per heavy atom. The van der Waals surface area contributed by atoms with Crippen LogP contribution in [0.4, 0.5) is 0 Å². The molecular formula is C9H20N2. The zero-order valence-corrected chi connectivity index (χ0v) is 8.39. The first-order valence-electron chi connectivity index (χ1n) is 4.33. The van der Waals surface area contributed by atoms with E-state index < -0.39 is 0 Å². The van der Waals surface area contributed by atoms with E-state index in [1.165, 1.54) is 13.1 Å². The van der Waals surface area contributed by atoms with Crippen LogP contribution in [-0.4, -0.2) is 37.2 Å². The lowest BCUT2D eigenvalue weighted by atomic mass is 9.81. The quantitative estimate of drug-likeness (QED) is 0.523. The average molecular weight is 156 g/mol. The van der Waals surface area contributed by atoms with Crippen LogP contribution in [0.5, 0.6) is 0 Å². The van der Waals surface area contributed by atoms with Gasteiger partial charge in [-0.05, 0) is 11.3 Å². The molecule has 1 heterocycles. The van der Waals surface area contributed by atoms with E-state index in [2.05, 4.69) is 44.9 Å². The molecule has 2 nitrogen and oxygen atoms in total. The van der Waals surface area contributed by atoms with Crippen molar-refractivity contribution < 1.29 is 0 Å². The van der Waals surface area contributed by atoms with Crippen LogP contribution < -0.4 is 0 Å². The third kappa shape index (κ3) is 1.94. The van der Waals surface area contributed by atoms with Crippen LogP contribution in [0.15, 0.2) is 0 Å². The van der Waals surface area contributed by atoms with Gasteiger partial charge in [-0.15, -0.1) is 0 Å². The summed E-state index contributed by atoms with van der Waals surface area (Å²) in [4.78, 5) is 0. The van der Waals surface area contributed by atoms with Crippen LogP contribution in [-0.2, 0) is 0 Å². The van der Waals surface area contributed by atoms with Gasteiger partial charge in [0, 0.05) is 27.2 Å². The van der Waals surface area contributed by atoms with E-state index in [1.807, 2.05) is 0 Å². The second-order valence-electron chi connectivity index (χ2n) is 4.74. The van der Waals surface area contributed by atoms with Crippen molar-refractivity contribution in [1.29, 1.82) is 0 Å². The van der Waals surface area contributed by atoms with Crippen molar-refractivity contribution in [1.82, 2.24) is 10.0 Å². The highest BCUT2D eigenvalue weighted by atomic mass is 15.6. The lowest BCUT2D eigenvalue weighted by Crippen LogP contribution is -2.28. The van der Waals surface area contributed by atoms with Gasteiger partial charge >= 0.3 is 0 Å². The van der Waals surface area contributed by atoms with E-state index in [0.29, 0.717) is 5.41 Å². The first-order chi connectivity index (χ1) is 4.91. The summed E-state index contributed by atoms with van der Waals surface area (Å²) < 4.78 is 0. The number of rotatable bonds is 0. The van der Waals surface area contributed by atoms with Crippen LogP contribution in [0, 0.1) is 11.3 Å². The van der Waals surface area contributed by atoms with Crippen molar-refractivity contribution in [2.24, 2.45) is 11.3 Å². The lowest BCUT2D eigenvalue weighted by Gasteiger charge is -2.25. The van der Waals surface area contributed by atoms with Crippen LogP contribution in [0.3, 0.4) is 0 Å². The van der Waals surface area contributed by atoms with Gasteiger partial charge in [-0.2, -0.15) is 0 Å². The molecule has 11 heavy (non-hydrogen) atoms. The van der Waals surface area contributed by atoms with Gasteiger partial charge in [0.15, 0.2) is 0 Å². The number of hydrogen-bond acceptors (Lipinski definition) is 2. The molecule has 2 heteroatoms. The molecule has 0 radical (unpaired) electrons. The topological polar surface area (TPSA) is 6.48 Å². The van der Waals surface area contributed by atoms with Gasteiger partial charge < -0.3 is 0 Å². The molecule has 0 saturated carbocycles. The summed E-state index contributed by atoms with van der Waals surface area (Å²) in [5.74, 6) is 0.817. The molecule has 1 fully saturated rings. The van der Waals surface area contributed by atoms with Gasteiger partial charge in [-0.1, -0.05) is 20.8 Å². The van der Waals surface area contributed by atoms with Crippen LogP contribution in [0.25, 0.3) is 0 Å². The summed E-state index contributed by atoms with van der Waals surface area (Å²) in [5, 5.41) is 4.60. The fourth-order valence-electron chi connectivity index (χ4n) is 1.52.